The Labute approximate surface area is 305 Å². The monoisotopic (exact) mass is 743 g/mol. The molecule has 2 aromatic rings. The van der Waals surface area contributed by atoms with Gasteiger partial charge in [0.1, 0.15) is 18.4 Å². The second kappa shape index (κ2) is 26.4. The largest absolute Gasteiger partial charge is 0.514 e. The van der Waals surface area contributed by atoms with E-state index in [1.54, 1.807) is 12.1 Å². The van der Waals surface area contributed by atoms with Crippen LogP contribution in [-0.4, -0.2) is 79.5 Å². The van der Waals surface area contributed by atoms with E-state index in [2.05, 4.69) is 35.1 Å². The van der Waals surface area contributed by atoms with Gasteiger partial charge in [0.05, 0.1) is 24.7 Å². The number of benzene rings is 2. The molecule has 0 radical (unpaired) electrons. The number of nitrogens with one attached hydrogen (secondary N) is 5. The Bertz CT molecular complexity index is 1530. The van der Waals surface area contributed by atoms with Gasteiger partial charge in [0.25, 0.3) is 5.69 Å². The van der Waals surface area contributed by atoms with Gasteiger partial charge in [-0.1, -0.05) is 38.5 Å². The molecule has 0 aliphatic carbocycles. The number of nitrogens with zero attached hydrogens (tertiary/aromatic N) is 1. The molecule has 0 saturated carbocycles. The minimum absolute atomic E-state index is 0.0483. The summed E-state index contributed by atoms with van der Waals surface area (Å²) >= 11 is 0. The van der Waals surface area contributed by atoms with Crippen LogP contribution in [-0.2, 0) is 40.1 Å². The first kappa shape index (κ1) is 44.7. The van der Waals surface area contributed by atoms with Gasteiger partial charge in [0.2, 0.25) is 30.0 Å². The van der Waals surface area contributed by atoms with Crippen molar-refractivity contribution < 1.29 is 52.7 Å². The number of amides is 7. The number of anilines is 1. The van der Waals surface area contributed by atoms with E-state index in [1.165, 1.54) is 55.0 Å². The fraction of sp³-hybridized carbons (Fsp3) is 0.382. The molecule has 1 unspecified atom stereocenters. The number of nitrogens with two attached hydrogens (primary N) is 1. The number of carbonyl (C=O) groups excluding carboxylic acids is 7. The maximum absolute atomic E-state index is 13.1. The molecule has 0 saturated heterocycles. The Morgan fingerprint density at radius 1 is 0.943 bits per heavy atom. The summed E-state index contributed by atoms with van der Waals surface area (Å²) < 4.78 is 15.3. The number of imide groups is 1. The molecule has 19 heteroatoms. The Balaban J connectivity index is 0.00000452. The lowest BCUT2D eigenvalue weighted by molar-refractivity contribution is -0.384. The number of ether oxygens (including phenoxy) is 3. The first-order valence-corrected chi connectivity index (χ1v) is 16.4. The maximum Gasteiger partial charge on any atom is 0.514 e. The summed E-state index contributed by atoms with van der Waals surface area (Å²) in [4.78, 5) is 92.1. The third-order valence-electron chi connectivity index (χ3n) is 6.27. The number of rotatable bonds is 21. The zero-order chi connectivity index (χ0) is 39.4. The van der Waals surface area contributed by atoms with Crippen LogP contribution < -0.4 is 37.1 Å². The summed E-state index contributed by atoms with van der Waals surface area (Å²) in [6.07, 6.45) is 3.89. The predicted octanol–water partition coefficient (Wildman–Crippen LogP) is 2.34. The van der Waals surface area contributed by atoms with E-state index >= 15 is 0 Å². The summed E-state index contributed by atoms with van der Waals surface area (Å²) in [5, 5.41) is 22.7. The lowest BCUT2D eigenvalue weighted by atomic mass is 10.1. The van der Waals surface area contributed by atoms with Crippen molar-refractivity contribution in [3.05, 3.63) is 76.4 Å². The molecule has 0 aliphatic heterocycles. The number of primary amides is 1. The van der Waals surface area contributed by atoms with Gasteiger partial charge in [-0.05, 0) is 55.2 Å². The zero-order valence-electron chi connectivity index (χ0n) is 29.4. The Kier molecular flexibility index (Phi) is 22.3. The number of carbonyl (C=O) groups is 7. The van der Waals surface area contributed by atoms with E-state index < -0.39 is 53.3 Å². The van der Waals surface area contributed by atoms with Crippen molar-refractivity contribution in [2.75, 3.05) is 31.6 Å². The van der Waals surface area contributed by atoms with Crippen molar-refractivity contribution in [2.24, 2.45) is 5.73 Å². The van der Waals surface area contributed by atoms with Gasteiger partial charge in [-0.15, -0.1) is 0 Å². The lowest BCUT2D eigenvalue weighted by Crippen LogP contribution is -2.47. The highest BCUT2D eigenvalue weighted by molar-refractivity contribution is 5.97. The zero-order valence-corrected chi connectivity index (χ0v) is 29.4. The van der Waals surface area contributed by atoms with Gasteiger partial charge >= 0.3 is 12.2 Å². The number of nitro groups is 1. The Morgan fingerprint density at radius 3 is 2.25 bits per heavy atom. The summed E-state index contributed by atoms with van der Waals surface area (Å²) in [5.41, 5.74) is 5.81. The topological polar surface area (TPSA) is 276 Å². The quantitative estimate of drug-likeness (QED) is 0.0204. The molecule has 0 spiro atoms. The minimum Gasteiger partial charge on any atom is -0.429 e. The fourth-order valence-electron chi connectivity index (χ4n) is 3.83. The van der Waals surface area contributed by atoms with Gasteiger partial charge in [0.15, 0.2) is 0 Å². The third kappa shape index (κ3) is 21.5. The fourth-order valence-corrected chi connectivity index (χ4v) is 3.83. The van der Waals surface area contributed by atoms with Gasteiger partial charge in [0, 0.05) is 30.8 Å². The van der Waals surface area contributed by atoms with Crippen molar-refractivity contribution in [3.63, 3.8) is 0 Å². The van der Waals surface area contributed by atoms with Crippen LogP contribution in [0.3, 0.4) is 0 Å². The van der Waals surface area contributed by atoms with Gasteiger partial charge < -0.3 is 41.2 Å². The van der Waals surface area contributed by atoms with Crippen LogP contribution in [0.5, 0.6) is 5.75 Å². The Morgan fingerprint density at radius 2 is 1.62 bits per heavy atom. The molecule has 288 valence electrons. The maximum atomic E-state index is 13.1. The number of non-ortho nitro benzene ring substituents is 1. The summed E-state index contributed by atoms with van der Waals surface area (Å²) in [6, 6.07) is 9.29. The summed E-state index contributed by atoms with van der Waals surface area (Å²) in [7, 11) is 0. The second-order valence-corrected chi connectivity index (χ2v) is 10.8. The molecule has 0 aromatic heterocycles. The molecule has 0 fully saturated rings. The molecule has 1 atom stereocenters. The van der Waals surface area contributed by atoms with Gasteiger partial charge in [-0.25, -0.2) is 9.59 Å². The van der Waals surface area contributed by atoms with Crippen molar-refractivity contribution in [3.8, 4) is 5.75 Å². The molecule has 53 heavy (non-hydrogen) atoms. The van der Waals surface area contributed by atoms with E-state index in [0.717, 1.165) is 0 Å². The lowest BCUT2D eigenvalue weighted by Gasteiger charge is -2.19. The second-order valence-electron chi connectivity index (χ2n) is 10.8. The first-order valence-electron chi connectivity index (χ1n) is 16.4. The third-order valence-corrected chi connectivity index (χ3v) is 6.27. The molecule has 2 rings (SSSR count). The highest BCUT2D eigenvalue weighted by Crippen LogP contribution is 2.18. The van der Waals surface area contributed by atoms with Crippen molar-refractivity contribution >= 4 is 53.6 Å². The van der Waals surface area contributed by atoms with Crippen molar-refractivity contribution in [2.45, 2.75) is 58.6 Å². The van der Waals surface area contributed by atoms with E-state index in [4.69, 9.17) is 19.9 Å². The highest BCUT2D eigenvalue weighted by Gasteiger charge is 2.21. The molecule has 19 nitrogen and oxygen atoms in total. The smallest absolute Gasteiger partial charge is 0.429 e. The predicted molar refractivity (Wildman–Crippen MR) is 190 cm³/mol. The van der Waals surface area contributed by atoms with Crippen LogP contribution in [0.1, 0.15) is 51.5 Å². The number of urea groups is 1. The van der Waals surface area contributed by atoms with Gasteiger partial charge in [-0.3, -0.25) is 39.4 Å². The van der Waals surface area contributed by atoms with Crippen LogP contribution in [0, 0.1) is 10.1 Å². The first-order chi connectivity index (χ1) is 25.4. The van der Waals surface area contributed by atoms with E-state index in [0.29, 0.717) is 17.7 Å². The van der Waals surface area contributed by atoms with E-state index in [1.807, 2.05) is 5.32 Å². The molecule has 7 amide bonds. The number of nitro benzene ring substituents is 1. The van der Waals surface area contributed by atoms with Crippen LogP contribution >= 0.6 is 0 Å². The minimum atomic E-state index is -1.05. The highest BCUT2D eigenvalue weighted by atomic mass is 16.7. The van der Waals surface area contributed by atoms with Crippen LogP contribution in [0.4, 0.5) is 21.0 Å². The average molecular weight is 744 g/mol. The molecular formula is C34H45N7O12. The van der Waals surface area contributed by atoms with Crippen LogP contribution in [0.2, 0.25) is 0 Å². The molecule has 0 aliphatic rings. The molecule has 7 N–H and O–H groups in total. The standard InChI is InChI=1S/C31H37N7O12.C3H8/c32-30(44)33-15-3-4-25(37-28(42)18-34-27(41)14-17-48-16-2-1-5-26(40)35-20-39)29(43)36-22-8-6-21(7-9-22)19-49-31(45)50-24-12-10-23(11-13-24)38(46)47;1-3-2/h1,5-13,20,25H,2-4,14-19H2,(H,34,41)(H,36,43)(H,37,42)(H3,32,33,44)(H,35,39,40);3H2,1-2H3/b5-1-;. The summed E-state index contributed by atoms with van der Waals surface area (Å²) in [5.74, 6) is -2.21. The van der Waals surface area contributed by atoms with E-state index in [9.17, 15) is 43.7 Å². The molecule has 2 aromatic carbocycles. The number of hydrogen-bond donors (Lipinski definition) is 6. The molecular weight excluding hydrogens is 698 g/mol. The number of hydrogen-bond acceptors (Lipinski definition) is 12. The Hall–Kier alpha value is -6.37. The normalized spacial score (nSPS) is 10.8. The SMILES string of the molecule is CCC.NC(=O)NCCCC(NC(=O)CNC(=O)CCOCC/C=C\C(=O)NC=O)C(=O)Nc1ccc(COC(=O)Oc2ccc([N+](=O)[O-])cc2)cc1. The van der Waals surface area contributed by atoms with Gasteiger partial charge in [-0.2, -0.15) is 0 Å². The van der Waals surface area contributed by atoms with Crippen molar-refractivity contribution in [1.29, 1.82) is 0 Å². The van der Waals surface area contributed by atoms with Crippen LogP contribution in [0.15, 0.2) is 60.7 Å². The molecule has 0 bridgehead atoms. The van der Waals surface area contributed by atoms with Crippen LogP contribution in [0.25, 0.3) is 0 Å². The average Bonchev–Trinajstić information content (AvgIpc) is 3.11. The molecule has 0 heterocycles. The van der Waals surface area contributed by atoms with E-state index in [-0.39, 0.29) is 63.5 Å². The summed E-state index contributed by atoms with van der Waals surface area (Å²) in [6.45, 7) is 4.07. The van der Waals surface area contributed by atoms with Crippen molar-refractivity contribution in [1.82, 2.24) is 21.3 Å².